The van der Waals surface area contributed by atoms with E-state index in [1.807, 2.05) is 24.3 Å². The molecule has 2 aromatic carbocycles. The van der Waals surface area contributed by atoms with E-state index >= 15 is 0 Å². The first-order valence-corrected chi connectivity index (χ1v) is 9.34. The summed E-state index contributed by atoms with van der Waals surface area (Å²) in [6, 6.07) is 16.6. The molecule has 1 aliphatic heterocycles. The van der Waals surface area contributed by atoms with Crippen LogP contribution >= 0.6 is 11.6 Å². The first kappa shape index (κ1) is 19.3. The Labute approximate surface area is 171 Å². The summed E-state index contributed by atoms with van der Waals surface area (Å²) in [7, 11) is 0. The van der Waals surface area contributed by atoms with Crippen molar-refractivity contribution in [3.63, 3.8) is 0 Å². The topological polar surface area (TPSA) is 39.9 Å². The fourth-order valence-electron chi connectivity index (χ4n) is 3.66. The number of nitriles is 1. The smallest absolute Gasteiger partial charge is 0.367 e. The molecule has 0 aliphatic carbocycles. The minimum absolute atomic E-state index is 0.261. The van der Waals surface area contributed by atoms with Crippen LogP contribution in [-0.4, -0.2) is 11.5 Å². The van der Waals surface area contributed by atoms with Gasteiger partial charge in [0.15, 0.2) is 0 Å². The third kappa shape index (κ3) is 3.92. The summed E-state index contributed by atoms with van der Waals surface area (Å²) in [5, 5.41) is 9.38. The van der Waals surface area contributed by atoms with Crippen molar-refractivity contribution in [1.29, 1.82) is 5.26 Å². The minimum Gasteiger partial charge on any atom is -0.367 e. The second kappa shape index (κ2) is 7.41. The molecule has 0 unspecified atom stereocenters. The summed E-state index contributed by atoms with van der Waals surface area (Å²) >= 11 is 6.03. The van der Waals surface area contributed by atoms with Gasteiger partial charge in [0.2, 0.25) is 0 Å². The monoisotopic (exact) mass is 413 g/mol. The lowest BCUT2D eigenvalue weighted by atomic mass is 9.90. The van der Waals surface area contributed by atoms with E-state index in [2.05, 4.69) is 9.88 Å². The van der Waals surface area contributed by atoms with Crippen molar-refractivity contribution in [3.05, 3.63) is 82.1 Å². The quantitative estimate of drug-likeness (QED) is 0.494. The minimum atomic E-state index is -4.34. The highest BCUT2D eigenvalue weighted by atomic mass is 35.5. The van der Waals surface area contributed by atoms with Crippen LogP contribution in [0.2, 0.25) is 5.15 Å². The molecule has 3 nitrogen and oxygen atoms in total. The molecule has 0 saturated heterocycles. The number of nitrogens with zero attached hydrogens (tertiary/aromatic N) is 3. The number of benzene rings is 2. The van der Waals surface area contributed by atoms with E-state index in [0.717, 1.165) is 46.5 Å². The zero-order valence-electron chi connectivity index (χ0n) is 15.2. The number of hydrogen-bond acceptors (Lipinski definition) is 3. The SMILES string of the molecule is N#Cc1cc(N2CCc3c(cccc3-c3ccc(C(F)(F)F)cc3)C2)cc(Cl)n1. The molecule has 0 bridgehead atoms. The lowest BCUT2D eigenvalue weighted by Crippen LogP contribution is -2.30. The molecule has 3 aromatic rings. The summed E-state index contributed by atoms with van der Waals surface area (Å²) in [6.07, 6.45) is -3.61. The lowest BCUT2D eigenvalue weighted by molar-refractivity contribution is -0.137. The highest BCUT2D eigenvalue weighted by Gasteiger charge is 2.30. The van der Waals surface area contributed by atoms with Crippen LogP contribution in [0.4, 0.5) is 18.9 Å². The molecule has 146 valence electrons. The van der Waals surface area contributed by atoms with Gasteiger partial charge in [-0.3, -0.25) is 0 Å². The van der Waals surface area contributed by atoms with Crippen molar-refractivity contribution < 1.29 is 13.2 Å². The van der Waals surface area contributed by atoms with E-state index in [9.17, 15) is 13.2 Å². The van der Waals surface area contributed by atoms with Gasteiger partial charge < -0.3 is 4.90 Å². The third-order valence-corrected chi connectivity index (χ3v) is 5.24. The zero-order valence-corrected chi connectivity index (χ0v) is 15.9. The summed E-state index contributed by atoms with van der Waals surface area (Å²) in [5.74, 6) is 0. The number of aromatic nitrogens is 1. The second-order valence-electron chi connectivity index (χ2n) is 6.84. The molecular formula is C22H15ClF3N3. The summed E-state index contributed by atoms with van der Waals surface area (Å²) in [6.45, 7) is 1.32. The van der Waals surface area contributed by atoms with Gasteiger partial charge in [0.25, 0.3) is 0 Å². The van der Waals surface area contributed by atoms with Crippen LogP contribution in [0.3, 0.4) is 0 Å². The molecule has 29 heavy (non-hydrogen) atoms. The molecule has 0 spiro atoms. The van der Waals surface area contributed by atoms with Crippen LogP contribution in [0.25, 0.3) is 11.1 Å². The maximum absolute atomic E-state index is 12.8. The molecule has 7 heteroatoms. The number of fused-ring (bicyclic) bond motifs is 1. The zero-order chi connectivity index (χ0) is 20.6. The largest absolute Gasteiger partial charge is 0.416 e. The molecule has 1 aliphatic rings. The van der Waals surface area contributed by atoms with Crippen molar-refractivity contribution in [3.8, 4) is 17.2 Å². The number of rotatable bonds is 2. The van der Waals surface area contributed by atoms with Gasteiger partial charge in [0.1, 0.15) is 16.9 Å². The average molecular weight is 414 g/mol. The van der Waals surface area contributed by atoms with Gasteiger partial charge in [-0.2, -0.15) is 18.4 Å². The van der Waals surface area contributed by atoms with Crippen LogP contribution in [0, 0.1) is 11.3 Å². The normalized spacial score (nSPS) is 13.7. The molecule has 0 N–H and O–H groups in total. The Balaban J connectivity index is 1.65. The van der Waals surface area contributed by atoms with Gasteiger partial charge in [0, 0.05) is 18.8 Å². The van der Waals surface area contributed by atoms with E-state index < -0.39 is 11.7 Å². The van der Waals surface area contributed by atoms with E-state index in [0.29, 0.717) is 13.1 Å². The predicted octanol–water partition coefficient (Wildman–Crippen LogP) is 5.86. The number of hydrogen-bond donors (Lipinski definition) is 0. The third-order valence-electron chi connectivity index (χ3n) is 5.05. The molecule has 0 amide bonds. The Bertz CT molecular complexity index is 1100. The van der Waals surface area contributed by atoms with Crippen molar-refractivity contribution in [2.75, 3.05) is 11.4 Å². The molecule has 0 radical (unpaired) electrons. The molecule has 2 heterocycles. The maximum Gasteiger partial charge on any atom is 0.416 e. The molecular weight excluding hydrogens is 399 g/mol. The van der Waals surface area contributed by atoms with Gasteiger partial charge in [-0.05, 0) is 52.9 Å². The second-order valence-corrected chi connectivity index (χ2v) is 7.22. The van der Waals surface area contributed by atoms with Crippen molar-refractivity contribution >= 4 is 17.3 Å². The fourth-order valence-corrected chi connectivity index (χ4v) is 3.87. The number of alkyl halides is 3. The number of pyridine rings is 1. The molecule has 1 aromatic heterocycles. The number of anilines is 1. The highest BCUT2D eigenvalue weighted by molar-refractivity contribution is 6.29. The Hall–Kier alpha value is -3.04. The highest BCUT2D eigenvalue weighted by Crippen LogP contribution is 2.35. The summed E-state index contributed by atoms with van der Waals surface area (Å²) < 4.78 is 38.5. The first-order chi connectivity index (χ1) is 13.8. The summed E-state index contributed by atoms with van der Waals surface area (Å²) in [4.78, 5) is 6.09. The van der Waals surface area contributed by atoms with Crippen LogP contribution in [-0.2, 0) is 19.1 Å². The Morgan fingerprint density at radius 2 is 1.83 bits per heavy atom. The molecule has 0 fully saturated rings. The van der Waals surface area contributed by atoms with E-state index in [1.54, 1.807) is 12.1 Å². The fraction of sp³-hybridized carbons (Fsp3) is 0.182. The van der Waals surface area contributed by atoms with Gasteiger partial charge in [-0.15, -0.1) is 0 Å². The Morgan fingerprint density at radius 3 is 2.52 bits per heavy atom. The van der Waals surface area contributed by atoms with E-state index in [1.165, 1.54) is 12.1 Å². The lowest BCUT2D eigenvalue weighted by Gasteiger charge is -2.32. The first-order valence-electron chi connectivity index (χ1n) is 8.96. The number of halogens is 4. The van der Waals surface area contributed by atoms with Crippen LogP contribution < -0.4 is 4.90 Å². The van der Waals surface area contributed by atoms with Crippen LogP contribution in [0.5, 0.6) is 0 Å². The summed E-state index contributed by atoms with van der Waals surface area (Å²) in [5.41, 5.74) is 4.37. The van der Waals surface area contributed by atoms with Crippen molar-refractivity contribution in [2.45, 2.75) is 19.1 Å². The van der Waals surface area contributed by atoms with Gasteiger partial charge in [0.05, 0.1) is 5.56 Å². The van der Waals surface area contributed by atoms with E-state index in [4.69, 9.17) is 16.9 Å². The van der Waals surface area contributed by atoms with Crippen molar-refractivity contribution in [1.82, 2.24) is 4.98 Å². The molecule has 4 rings (SSSR count). The van der Waals surface area contributed by atoms with Gasteiger partial charge >= 0.3 is 6.18 Å². The Kier molecular flexibility index (Phi) is 4.93. The molecule has 0 saturated carbocycles. The van der Waals surface area contributed by atoms with Crippen LogP contribution in [0.1, 0.15) is 22.4 Å². The Morgan fingerprint density at radius 1 is 1.07 bits per heavy atom. The average Bonchev–Trinajstić information content (AvgIpc) is 2.72. The van der Waals surface area contributed by atoms with E-state index in [-0.39, 0.29) is 10.8 Å². The molecule has 0 atom stereocenters. The van der Waals surface area contributed by atoms with Crippen LogP contribution in [0.15, 0.2) is 54.6 Å². The standard InChI is InChI=1S/C22H15ClF3N3/c23-21-11-18(10-17(12-27)28-21)29-9-8-20-15(13-29)2-1-3-19(20)14-4-6-16(7-5-14)22(24,25)26/h1-7,10-11H,8-9,13H2. The van der Waals surface area contributed by atoms with Gasteiger partial charge in [-0.1, -0.05) is 41.9 Å². The van der Waals surface area contributed by atoms with Crippen molar-refractivity contribution in [2.24, 2.45) is 0 Å². The predicted molar refractivity (Wildman–Crippen MR) is 106 cm³/mol. The van der Waals surface area contributed by atoms with Gasteiger partial charge in [-0.25, -0.2) is 4.98 Å². The maximum atomic E-state index is 12.8.